The maximum Gasteiger partial charge on any atom is 0.431 e. The van der Waals surface area contributed by atoms with Crippen molar-refractivity contribution in [2.24, 2.45) is 0 Å². The zero-order valence-electron chi connectivity index (χ0n) is 23.3. The van der Waals surface area contributed by atoms with Crippen LogP contribution in [0, 0.1) is 5.82 Å². The number of rotatable bonds is 6. The highest BCUT2D eigenvalue weighted by Gasteiger charge is 2.38. The molecule has 1 amide bonds. The first kappa shape index (κ1) is 30.2. The van der Waals surface area contributed by atoms with E-state index in [-0.39, 0.29) is 46.8 Å². The number of carbonyl (C=O) groups excluding carboxylic acids is 1. The number of carbonyl (C=O) groups is 1. The van der Waals surface area contributed by atoms with Gasteiger partial charge in [0, 0.05) is 52.2 Å². The van der Waals surface area contributed by atoms with Gasteiger partial charge in [0.2, 0.25) is 11.9 Å². The van der Waals surface area contributed by atoms with Crippen LogP contribution in [-0.2, 0) is 11.0 Å². The van der Waals surface area contributed by atoms with Crippen LogP contribution in [0.2, 0.25) is 0 Å². The highest BCUT2D eigenvalue weighted by atomic mass is 19.4. The molecule has 0 spiro atoms. The minimum Gasteiger partial charge on any atom is -0.506 e. The molecule has 2 fully saturated rings. The zero-order chi connectivity index (χ0) is 31.1. The number of nitrogens with zero attached hydrogens (tertiary/aromatic N) is 6. The van der Waals surface area contributed by atoms with Crippen molar-refractivity contribution in [3.05, 3.63) is 58.8 Å². The lowest BCUT2D eigenvalue weighted by Crippen LogP contribution is -2.50. The summed E-state index contributed by atoms with van der Waals surface area (Å²) in [5.74, 6) is -2.09. The van der Waals surface area contributed by atoms with Gasteiger partial charge in [0.1, 0.15) is 34.7 Å². The Balaban J connectivity index is 1.66. The number of aromatic nitrogens is 3. The Hall–Kier alpha value is -4.24. The summed E-state index contributed by atoms with van der Waals surface area (Å²) in [6.45, 7) is 7.20. The van der Waals surface area contributed by atoms with Gasteiger partial charge in [-0.3, -0.25) is 19.1 Å². The Morgan fingerprint density at radius 3 is 2.40 bits per heavy atom. The van der Waals surface area contributed by atoms with Crippen LogP contribution in [0.5, 0.6) is 5.75 Å². The van der Waals surface area contributed by atoms with Gasteiger partial charge in [-0.05, 0) is 37.1 Å². The fourth-order valence-corrected chi connectivity index (χ4v) is 5.50. The molecule has 4 heterocycles. The molecular weight excluding hydrogens is 574 g/mol. The number of amides is 1. The number of likely N-dealkylation sites (tertiary alicyclic amines) is 1. The summed E-state index contributed by atoms with van der Waals surface area (Å²) in [6.07, 6.45) is -3.55. The predicted molar refractivity (Wildman–Crippen MR) is 151 cm³/mol. The molecule has 3 aromatic rings. The number of pyridine rings is 1. The number of hydrogen-bond acceptors (Lipinski definition) is 9. The third kappa shape index (κ3) is 5.99. The van der Waals surface area contributed by atoms with E-state index in [4.69, 9.17) is 0 Å². The zero-order valence-corrected chi connectivity index (χ0v) is 23.3. The molecule has 3 N–H and O–H groups in total. The number of fused-ring (bicyclic) bond motifs is 1. The van der Waals surface area contributed by atoms with E-state index in [1.807, 2.05) is 0 Å². The minimum absolute atomic E-state index is 0.0153. The number of nitrogens with one attached hydrogen (secondary N) is 1. The van der Waals surface area contributed by atoms with E-state index >= 15 is 0 Å². The molecule has 2 aliphatic rings. The number of phenolic OH excluding ortho intramolecular Hbond substituents is 1. The molecule has 2 saturated heterocycles. The first-order valence-electron chi connectivity index (χ1n) is 13.7. The smallest absolute Gasteiger partial charge is 0.431 e. The Morgan fingerprint density at radius 2 is 1.81 bits per heavy atom. The predicted octanol–water partition coefficient (Wildman–Crippen LogP) is 2.69. The molecule has 0 radical (unpaired) electrons. The van der Waals surface area contributed by atoms with E-state index in [1.54, 1.807) is 14.7 Å². The van der Waals surface area contributed by atoms with Gasteiger partial charge < -0.3 is 25.3 Å². The molecule has 1 atom stereocenters. The van der Waals surface area contributed by atoms with E-state index in [9.17, 15) is 37.4 Å². The number of piperazine rings is 1. The molecule has 0 aliphatic carbocycles. The molecule has 1 aromatic carbocycles. The average molecular weight is 606 g/mol. The van der Waals surface area contributed by atoms with Gasteiger partial charge in [0.05, 0.1) is 5.39 Å². The van der Waals surface area contributed by atoms with E-state index in [0.717, 1.165) is 18.2 Å². The normalized spacial score (nSPS) is 17.7. The van der Waals surface area contributed by atoms with Gasteiger partial charge in [0.25, 0.3) is 5.56 Å². The lowest BCUT2D eigenvalue weighted by molar-refractivity contribution is -0.142. The number of phenols is 1. The number of hydrogen-bond donors (Lipinski definition) is 3. The Labute approximate surface area is 243 Å². The van der Waals surface area contributed by atoms with Crippen LogP contribution >= 0.6 is 0 Å². The van der Waals surface area contributed by atoms with Crippen LogP contribution in [0.3, 0.4) is 0 Å². The Bertz CT molecular complexity index is 1580. The van der Waals surface area contributed by atoms with E-state index < -0.39 is 46.4 Å². The summed E-state index contributed by atoms with van der Waals surface area (Å²) in [5.41, 5.74) is -4.14. The molecule has 11 nitrogen and oxygen atoms in total. The van der Waals surface area contributed by atoms with Crippen molar-refractivity contribution in [2.75, 3.05) is 49.5 Å². The number of piperidine rings is 1. The van der Waals surface area contributed by atoms with Crippen LogP contribution in [0.4, 0.5) is 29.3 Å². The second kappa shape index (κ2) is 11.8. The SMILES string of the molecule is C=CC(O)N1CCN(c2nc(NC3CCN(C(C)=O)CC3)nc3c(=O)n(-c4c(O)cccc4F)c(C(F)(F)F)cc23)CC1. The Kier molecular flexibility index (Phi) is 8.29. The van der Waals surface area contributed by atoms with Crippen LogP contribution in [0.25, 0.3) is 16.6 Å². The minimum atomic E-state index is -5.12. The van der Waals surface area contributed by atoms with Crippen molar-refractivity contribution in [3.63, 3.8) is 0 Å². The van der Waals surface area contributed by atoms with Crippen LogP contribution < -0.4 is 15.8 Å². The third-order valence-corrected chi connectivity index (χ3v) is 7.80. The fourth-order valence-electron chi connectivity index (χ4n) is 5.50. The average Bonchev–Trinajstić information content (AvgIpc) is 2.97. The van der Waals surface area contributed by atoms with Crippen LogP contribution in [-0.4, -0.2) is 92.0 Å². The number of anilines is 2. The number of alkyl halides is 3. The topological polar surface area (TPSA) is 127 Å². The standard InChI is InChI=1S/C28H31F4N7O4/c1-3-22(42)37-11-13-38(14-12-37)25-18-15-21(28(30,31)32)39(24-19(29)5-4-6-20(24)41)26(43)23(18)34-27(35-25)33-17-7-9-36(10-8-17)16(2)40/h3-6,15,17,22,41-42H,1,7-14H2,2H3,(H,33,34,35). The maximum atomic E-state index is 14.9. The number of para-hydroxylation sites is 1. The number of aromatic hydroxyl groups is 1. The van der Waals surface area contributed by atoms with Crippen molar-refractivity contribution in [1.29, 1.82) is 0 Å². The van der Waals surface area contributed by atoms with E-state index in [1.165, 1.54) is 13.0 Å². The van der Waals surface area contributed by atoms with Gasteiger partial charge in [-0.1, -0.05) is 12.6 Å². The summed E-state index contributed by atoms with van der Waals surface area (Å²) in [4.78, 5) is 39.5. The highest BCUT2D eigenvalue weighted by Crippen LogP contribution is 2.37. The lowest BCUT2D eigenvalue weighted by Gasteiger charge is -2.37. The lowest BCUT2D eigenvalue weighted by atomic mass is 10.1. The van der Waals surface area contributed by atoms with Crippen molar-refractivity contribution in [1.82, 2.24) is 24.3 Å². The molecule has 2 aliphatic heterocycles. The molecule has 2 aromatic heterocycles. The molecule has 0 saturated carbocycles. The summed E-state index contributed by atoms with van der Waals surface area (Å²) in [7, 11) is 0. The van der Waals surface area contributed by atoms with Gasteiger partial charge >= 0.3 is 6.18 Å². The number of aliphatic hydroxyl groups is 1. The first-order valence-corrected chi connectivity index (χ1v) is 13.7. The third-order valence-electron chi connectivity index (χ3n) is 7.80. The van der Waals surface area contributed by atoms with E-state index in [0.29, 0.717) is 45.1 Å². The maximum absolute atomic E-state index is 14.9. The molecule has 5 rings (SSSR count). The van der Waals surface area contributed by atoms with Crippen LogP contribution in [0.1, 0.15) is 25.5 Å². The molecule has 43 heavy (non-hydrogen) atoms. The molecule has 15 heteroatoms. The monoisotopic (exact) mass is 605 g/mol. The van der Waals surface area contributed by atoms with Gasteiger partial charge in [0.15, 0.2) is 5.82 Å². The summed E-state index contributed by atoms with van der Waals surface area (Å²) in [6, 6.07) is 3.44. The van der Waals surface area contributed by atoms with Gasteiger partial charge in [-0.25, -0.2) is 9.37 Å². The Morgan fingerprint density at radius 1 is 1.14 bits per heavy atom. The van der Waals surface area contributed by atoms with Crippen molar-refractivity contribution in [3.8, 4) is 11.4 Å². The largest absolute Gasteiger partial charge is 0.506 e. The number of benzene rings is 1. The van der Waals surface area contributed by atoms with Crippen molar-refractivity contribution >= 4 is 28.6 Å². The summed E-state index contributed by atoms with van der Waals surface area (Å²) < 4.78 is 58.3. The summed E-state index contributed by atoms with van der Waals surface area (Å²) >= 11 is 0. The summed E-state index contributed by atoms with van der Waals surface area (Å²) in [5, 5.41) is 23.4. The van der Waals surface area contributed by atoms with E-state index in [2.05, 4.69) is 21.9 Å². The number of halogens is 4. The van der Waals surface area contributed by atoms with Crippen molar-refractivity contribution < 1.29 is 32.6 Å². The molecular formula is C28H31F4N7O4. The fraction of sp³-hybridized carbons (Fsp3) is 0.429. The van der Waals surface area contributed by atoms with Crippen LogP contribution in [0.15, 0.2) is 41.7 Å². The molecule has 1 unspecified atom stereocenters. The van der Waals surface area contributed by atoms with Gasteiger partial charge in [-0.15, -0.1) is 0 Å². The second-order valence-electron chi connectivity index (χ2n) is 10.5. The highest BCUT2D eigenvalue weighted by molar-refractivity contribution is 5.91. The second-order valence-corrected chi connectivity index (χ2v) is 10.5. The number of aliphatic hydroxyl groups excluding tert-OH is 1. The molecule has 230 valence electrons. The quantitative estimate of drug-likeness (QED) is 0.287. The first-order chi connectivity index (χ1) is 20.4. The van der Waals surface area contributed by atoms with Crippen molar-refractivity contribution in [2.45, 2.75) is 38.2 Å². The molecule has 0 bridgehead atoms. The van der Waals surface area contributed by atoms with Gasteiger partial charge in [-0.2, -0.15) is 18.2 Å².